The van der Waals surface area contributed by atoms with Crippen molar-refractivity contribution in [1.29, 1.82) is 0 Å². The fourth-order valence-corrected chi connectivity index (χ4v) is 2.50. The summed E-state index contributed by atoms with van der Waals surface area (Å²) in [6, 6.07) is 10.8. The van der Waals surface area contributed by atoms with Crippen molar-refractivity contribution in [2.75, 3.05) is 18.6 Å². The van der Waals surface area contributed by atoms with Gasteiger partial charge in [0.05, 0.1) is 12.8 Å². The lowest BCUT2D eigenvalue weighted by atomic mass is 10.3. The summed E-state index contributed by atoms with van der Waals surface area (Å²) in [5, 5.41) is 2.74. The van der Waals surface area contributed by atoms with Crippen LogP contribution < -0.4 is 5.32 Å². The Kier molecular flexibility index (Phi) is 6.19. The van der Waals surface area contributed by atoms with Crippen LogP contribution in [0.25, 0.3) is 6.08 Å². The molecule has 6 nitrogen and oxygen atoms in total. The predicted molar refractivity (Wildman–Crippen MR) is 102 cm³/mol. The normalized spacial score (nSPS) is 12.0. The van der Waals surface area contributed by atoms with Gasteiger partial charge in [-0.05, 0) is 65.1 Å². The molecule has 0 radical (unpaired) electrons. The Bertz CT molecular complexity index is 841. The first kappa shape index (κ1) is 18.7. The van der Waals surface area contributed by atoms with Crippen molar-refractivity contribution in [3.8, 4) is 0 Å². The zero-order chi connectivity index (χ0) is 17.7. The number of halogens is 1. The highest BCUT2D eigenvalue weighted by atomic mass is 127. The van der Waals surface area contributed by atoms with Crippen LogP contribution in [-0.2, 0) is 21.4 Å². The van der Waals surface area contributed by atoms with Gasteiger partial charge < -0.3 is 9.73 Å². The van der Waals surface area contributed by atoms with Gasteiger partial charge in [-0.1, -0.05) is 0 Å². The number of rotatable bonds is 6. The van der Waals surface area contributed by atoms with E-state index in [1.54, 1.807) is 12.1 Å². The van der Waals surface area contributed by atoms with Gasteiger partial charge >= 0.3 is 0 Å². The van der Waals surface area contributed by atoms with E-state index >= 15 is 0 Å². The number of hydrogen-bond donors (Lipinski definition) is 1. The second-order valence-corrected chi connectivity index (χ2v) is 8.49. The Morgan fingerprint density at radius 1 is 1.25 bits per heavy atom. The minimum absolute atomic E-state index is 0.140. The van der Waals surface area contributed by atoms with E-state index in [0.717, 1.165) is 9.83 Å². The molecular formula is C16H17IN2O4S. The summed E-state index contributed by atoms with van der Waals surface area (Å²) >= 11 is 2.19. The molecule has 0 aliphatic carbocycles. The molecule has 2 rings (SSSR count). The predicted octanol–water partition coefficient (Wildman–Crippen LogP) is 2.93. The van der Waals surface area contributed by atoms with Gasteiger partial charge in [-0.2, -0.15) is 4.31 Å². The molecule has 1 amide bonds. The van der Waals surface area contributed by atoms with Crippen molar-refractivity contribution >= 4 is 50.3 Å². The molecule has 2 aromatic rings. The van der Waals surface area contributed by atoms with Crippen LogP contribution in [0, 0.1) is 3.57 Å². The summed E-state index contributed by atoms with van der Waals surface area (Å²) in [5.41, 5.74) is 0.708. The molecule has 128 valence electrons. The maximum atomic E-state index is 11.9. The molecule has 0 bridgehead atoms. The number of hydrogen-bond acceptors (Lipinski definition) is 4. The van der Waals surface area contributed by atoms with Crippen molar-refractivity contribution in [3.05, 3.63) is 57.6 Å². The van der Waals surface area contributed by atoms with Gasteiger partial charge in [0.2, 0.25) is 15.9 Å². The molecule has 0 unspecified atom stereocenters. The first-order valence-corrected chi connectivity index (χ1v) is 9.91. The van der Waals surface area contributed by atoms with Gasteiger partial charge in [-0.25, -0.2) is 8.42 Å². The largest absolute Gasteiger partial charge is 0.460 e. The molecule has 24 heavy (non-hydrogen) atoms. The Morgan fingerprint density at radius 3 is 2.54 bits per heavy atom. The number of nitrogens with one attached hydrogen (secondary N) is 1. The maximum absolute atomic E-state index is 11.9. The molecular weight excluding hydrogens is 443 g/mol. The fourth-order valence-electron chi connectivity index (χ4n) is 1.78. The topological polar surface area (TPSA) is 79.6 Å². The quantitative estimate of drug-likeness (QED) is 0.531. The van der Waals surface area contributed by atoms with Gasteiger partial charge in [-0.3, -0.25) is 4.79 Å². The average molecular weight is 460 g/mol. The number of sulfonamides is 1. The Morgan fingerprint density at radius 2 is 1.92 bits per heavy atom. The number of amides is 1. The smallest absolute Gasteiger partial charge is 0.248 e. The van der Waals surface area contributed by atoms with E-state index in [2.05, 4.69) is 27.9 Å². The second-order valence-electron chi connectivity index (χ2n) is 5.15. The minimum Gasteiger partial charge on any atom is -0.460 e. The van der Waals surface area contributed by atoms with E-state index in [4.69, 9.17) is 4.42 Å². The third-order valence-corrected chi connectivity index (χ3v) is 5.12. The first-order chi connectivity index (χ1) is 11.2. The van der Waals surface area contributed by atoms with Crippen LogP contribution in [-0.4, -0.2) is 31.9 Å². The van der Waals surface area contributed by atoms with Crippen molar-refractivity contribution in [2.24, 2.45) is 0 Å². The van der Waals surface area contributed by atoms with Gasteiger partial charge in [0.15, 0.2) is 0 Å². The van der Waals surface area contributed by atoms with Crippen LogP contribution in [0.2, 0.25) is 0 Å². The fraction of sp³-hybridized carbons (Fsp3) is 0.188. The van der Waals surface area contributed by atoms with Crippen LogP contribution in [0.1, 0.15) is 11.5 Å². The molecule has 0 fully saturated rings. The molecule has 1 heterocycles. The van der Waals surface area contributed by atoms with E-state index in [1.807, 2.05) is 24.3 Å². The molecule has 0 aliphatic rings. The highest BCUT2D eigenvalue weighted by Crippen LogP contribution is 2.14. The van der Waals surface area contributed by atoms with Crippen LogP contribution in [0.15, 0.2) is 46.9 Å². The lowest BCUT2D eigenvalue weighted by Gasteiger charge is -2.11. The van der Waals surface area contributed by atoms with Gasteiger partial charge in [0.25, 0.3) is 0 Å². The minimum atomic E-state index is -3.26. The van der Waals surface area contributed by atoms with Gasteiger partial charge in [-0.15, -0.1) is 0 Å². The lowest BCUT2D eigenvalue weighted by Crippen LogP contribution is -2.24. The summed E-state index contributed by atoms with van der Waals surface area (Å²) in [4.78, 5) is 11.9. The van der Waals surface area contributed by atoms with Crippen LogP contribution >= 0.6 is 22.6 Å². The van der Waals surface area contributed by atoms with Crippen molar-refractivity contribution < 1.29 is 17.6 Å². The van der Waals surface area contributed by atoms with Crippen molar-refractivity contribution in [2.45, 2.75) is 6.54 Å². The molecule has 0 atom stereocenters. The third-order valence-electron chi connectivity index (χ3n) is 3.14. The van der Waals surface area contributed by atoms with Crippen LogP contribution in [0.4, 0.5) is 5.69 Å². The Hall–Kier alpha value is -1.65. The molecule has 1 N–H and O–H groups in total. The second kappa shape index (κ2) is 7.95. The number of furan rings is 1. The lowest BCUT2D eigenvalue weighted by molar-refractivity contribution is -0.111. The SMILES string of the molecule is CN(Cc1ccc(/C=C/C(=O)Nc2ccc(I)cc2)o1)S(C)(=O)=O. The molecule has 0 spiro atoms. The van der Waals surface area contributed by atoms with E-state index < -0.39 is 10.0 Å². The van der Waals surface area contributed by atoms with Gasteiger partial charge in [0.1, 0.15) is 11.5 Å². The summed E-state index contributed by atoms with van der Waals surface area (Å²) in [7, 11) is -1.79. The molecule has 8 heteroatoms. The number of carbonyl (C=O) groups is 1. The molecule has 0 aliphatic heterocycles. The third kappa shape index (κ3) is 5.77. The molecule has 0 saturated carbocycles. The summed E-state index contributed by atoms with van der Waals surface area (Å²) in [5.74, 6) is 0.702. The average Bonchev–Trinajstić information content (AvgIpc) is 2.94. The van der Waals surface area contributed by atoms with Crippen molar-refractivity contribution in [3.63, 3.8) is 0 Å². The van der Waals surface area contributed by atoms with Crippen LogP contribution in [0.3, 0.4) is 0 Å². The van der Waals surface area contributed by atoms with Crippen molar-refractivity contribution in [1.82, 2.24) is 4.31 Å². The summed E-state index contributed by atoms with van der Waals surface area (Å²) < 4.78 is 30.5. The zero-order valence-electron chi connectivity index (χ0n) is 13.2. The zero-order valence-corrected chi connectivity index (χ0v) is 16.2. The number of nitrogens with zero attached hydrogens (tertiary/aromatic N) is 1. The number of anilines is 1. The highest BCUT2D eigenvalue weighted by molar-refractivity contribution is 14.1. The molecule has 0 saturated heterocycles. The van der Waals surface area contributed by atoms with Crippen LogP contribution in [0.5, 0.6) is 0 Å². The standard InChI is InChI=1S/C16H17IN2O4S/c1-19(24(2,21)22)11-15-8-7-14(23-15)9-10-16(20)18-13-5-3-12(17)4-6-13/h3-10H,11H2,1-2H3,(H,18,20)/b10-9+. The summed E-state index contributed by atoms with van der Waals surface area (Å²) in [6.45, 7) is 0.140. The number of carbonyl (C=O) groups excluding carboxylic acids is 1. The molecule has 1 aromatic heterocycles. The van der Waals surface area contributed by atoms with Gasteiger partial charge in [0, 0.05) is 22.4 Å². The highest BCUT2D eigenvalue weighted by Gasteiger charge is 2.13. The van der Waals surface area contributed by atoms with E-state index in [1.165, 1.54) is 23.5 Å². The van der Waals surface area contributed by atoms with E-state index in [0.29, 0.717) is 17.2 Å². The summed E-state index contributed by atoms with van der Waals surface area (Å²) in [6.07, 6.45) is 4.03. The Labute approximate surface area is 154 Å². The van der Waals surface area contributed by atoms with E-state index in [9.17, 15) is 13.2 Å². The molecule has 1 aromatic carbocycles. The van der Waals surface area contributed by atoms with E-state index in [-0.39, 0.29) is 12.5 Å². The Balaban J connectivity index is 1.94. The first-order valence-electron chi connectivity index (χ1n) is 6.99. The number of benzene rings is 1. The monoisotopic (exact) mass is 460 g/mol. The maximum Gasteiger partial charge on any atom is 0.248 e.